The van der Waals surface area contributed by atoms with Crippen LogP contribution in [0.2, 0.25) is 0 Å². The van der Waals surface area contributed by atoms with E-state index in [0.717, 1.165) is 18.7 Å². The van der Waals surface area contributed by atoms with Crippen molar-refractivity contribution in [2.45, 2.75) is 25.9 Å². The van der Waals surface area contributed by atoms with Gasteiger partial charge in [-0.25, -0.2) is 0 Å². The highest BCUT2D eigenvalue weighted by atomic mass is 32.2. The van der Waals surface area contributed by atoms with Crippen LogP contribution in [0.15, 0.2) is 0 Å². The molecule has 0 aromatic rings. The summed E-state index contributed by atoms with van der Waals surface area (Å²) in [6, 6.07) is 0. The summed E-state index contributed by atoms with van der Waals surface area (Å²) in [6.45, 7) is 5.40. The van der Waals surface area contributed by atoms with Gasteiger partial charge in [0, 0.05) is 38.4 Å². The molecule has 0 aromatic heterocycles. The first-order chi connectivity index (χ1) is 8.70. The minimum absolute atomic E-state index is 0.108. The average Bonchev–Trinajstić information content (AvgIpc) is 2.81. The number of ether oxygens (including phenoxy) is 1. The quantitative estimate of drug-likeness (QED) is 0.771. The molecule has 0 spiro atoms. The third-order valence-corrected chi connectivity index (χ3v) is 4.28. The van der Waals surface area contributed by atoms with Crippen molar-refractivity contribution in [1.82, 2.24) is 9.80 Å². The third kappa shape index (κ3) is 3.38. The van der Waals surface area contributed by atoms with Gasteiger partial charge in [-0.2, -0.15) is 0 Å². The zero-order chi connectivity index (χ0) is 13.0. The molecule has 0 radical (unpaired) electrons. The summed E-state index contributed by atoms with van der Waals surface area (Å²) in [5, 5.41) is 0.108. The molecule has 1 unspecified atom stereocenters. The average molecular weight is 272 g/mol. The number of carbonyl (C=O) groups excluding carboxylic acids is 2. The van der Waals surface area contributed by atoms with E-state index in [9.17, 15) is 9.59 Å². The Bertz CT molecular complexity index is 324. The van der Waals surface area contributed by atoms with Gasteiger partial charge in [-0.3, -0.25) is 9.59 Å². The lowest BCUT2D eigenvalue weighted by atomic mass is 10.2. The Labute approximate surface area is 112 Å². The number of carbonyl (C=O) groups is 2. The fourth-order valence-electron chi connectivity index (χ4n) is 2.21. The number of thioether (sulfide) groups is 1. The first kappa shape index (κ1) is 13.7. The van der Waals surface area contributed by atoms with E-state index in [-0.39, 0.29) is 17.3 Å². The van der Waals surface area contributed by atoms with Crippen LogP contribution in [0.1, 0.15) is 19.8 Å². The van der Waals surface area contributed by atoms with Crippen LogP contribution in [0, 0.1) is 0 Å². The van der Waals surface area contributed by atoms with Crippen molar-refractivity contribution in [3.63, 3.8) is 0 Å². The molecule has 2 aliphatic heterocycles. The molecule has 0 aromatic carbocycles. The number of hydrogen-bond acceptors (Lipinski definition) is 4. The smallest absolute Gasteiger partial charge is 0.281 e. The van der Waals surface area contributed by atoms with Crippen molar-refractivity contribution >= 4 is 22.9 Å². The van der Waals surface area contributed by atoms with Gasteiger partial charge in [-0.05, 0) is 6.42 Å². The normalized spacial score (nSPS) is 24.7. The number of amides is 2. The second-order valence-electron chi connectivity index (χ2n) is 4.59. The number of morpholine rings is 1. The van der Waals surface area contributed by atoms with Gasteiger partial charge in [0.15, 0.2) is 0 Å². The monoisotopic (exact) mass is 272 g/mol. The van der Waals surface area contributed by atoms with Crippen LogP contribution >= 0.6 is 11.8 Å². The topological polar surface area (TPSA) is 49.9 Å². The second kappa shape index (κ2) is 6.43. The van der Waals surface area contributed by atoms with Gasteiger partial charge in [0.2, 0.25) is 5.91 Å². The predicted octanol–water partition coefficient (Wildman–Crippen LogP) is 1.18. The molecule has 2 heterocycles. The summed E-state index contributed by atoms with van der Waals surface area (Å²) in [5.74, 6) is 0.990. The highest BCUT2D eigenvalue weighted by molar-refractivity contribution is 8.13. The molecule has 0 aliphatic carbocycles. The van der Waals surface area contributed by atoms with E-state index < -0.39 is 0 Å². The summed E-state index contributed by atoms with van der Waals surface area (Å²) in [5.41, 5.74) is 0. The lowest BCUT2D eigenvalue weighted by molar-refractivity contribution is -0.139. The van der Waals surface area contributed by atoms with Crippen LogP contribution in [0.4, 0.5) is 4.79 Å². The van der Waals surface area contributed by atoms with Crippen LogP contribution in [-0.4, -0.2) is 65.6 Å². The molecule has 0 N–H and O–H groups in total. The van der Waals surface area contributed by atoms with E-state index >= 15 is 0 Å². The van der Waals surface area contributed by atoms with Crippen LogP contribution in [0.25, 0.3) is 0 Å². The van der Waals surface area contributed by atoms with E-state index in [1.807, 2.05) is 4.90 Å². The van der Waals surface area contributed by atoms with Crippen molar-refractivity contribution in [2.75, 3.05) is 38.5 Å². The van der Waals surface area contributed by atoms with Crippen molar-refractivity contribution in [3.8, 4) is 0 Å². The molecule has 2 saturated heterocycles. The molecule has 2 rings (SSSR count). The minimum Gasteiger partial charge on any atom is -0.375 e. The van der Waals surface area contributed by atoms with E-state index in [2.05, 4.69) is 6.92 Å². The number of hydrogen-bond donors (Lipinski definition) is 0. The SMILES string of the molecule is CCC1CN(C(=O)CCN2CCSC2=O)CCO1. The van der Waals surface area contributed by atoms with Gasteiger partial charge in [0.1, 0.15) is 0 Å². The molecular formula is C12H20N2O3S. The fourth-order valence-corrected chi connectivity index (χ4v) is 3.06. The van der Waals surface area contributed by atoms with Gasteiger partial charge >= 0.3 is 0 Å². The van der Waals surface area contributed by atoms with E-state index in [0.29, 0.717) is 32.7 Å². The third-order valence-electron chi connectivity index (χ3n) is 3.39. The Morgan fingerprint density at radius 3 is 3.00 bits per heavy atom. The summed E-state index contributed by atoms with van der Waals surface area (Å²) >= 11 is 1.34. The van der Waals surface area contributed by atoms with Crippen LogP contribution < -0.4 is 0 Å². The molecule has 6 heteroatoms. The van der Waals surface area contributed by atoms with Gasteiger partial charge < -0.3 is 14.5 Å². The summed E-state index contributed by atoms with van der Waals surface area (Å²) in [4.78, 5) is 27.1. The predicted molar refractivity (Wildman–Crippen MR) is 70.7 cm³/mol. The molecule has 0 saturated carbocycles. The van der Waals surface area contributed by atoms with E-state index in [1.165, 1.54) is 11.8 Å². The van der Waals surface area contributed by atoms with E-state index in [4.69, 9.17) is 4.74 Å². The molecule has 2 fully saturated rings. The minimum atomic E-state index is 0.108. The van der Waals surface area contributed by atoms with Crippen molar-refractivity contribution in [1.29, 1.82) is 0 Å². The number of rotatable bonds is 4. The van der Waals surface area contributed by atoms with Crippen molar-refractivity contribution in [3.05, 3.63) is 0 Å². The Kier molecular flexibility index (Phi) is 4.88. The van der Waals surface area contributed by atoms with E-state index in [1.54, 1.807) is 4.90 Å². The van der Waals surface area contributed by atoms with Crippen LogP contribution in [0.5, 0.6) is 0 Å². The molecule has 102 valence electrons. The standard InChI is InChI=1S/C12H20N2O3S/c1-2-10-9-14(5-7-17-10)11(15)3-4-13-6-8-18-12(13)16/h10H,2-9H2,1H3. The lowest BCUT2D eigenvalue weighted by Gasteiger charge is -2.32. The van der Waals surface area contributed by atoms with Gasteiger partial charge in [0.05, 0.1) is 12.7 Å². The maximum atomic E-state index is 12.0. The molecule has 5 nitrogen and oxygen atoms in total. The Morgan fingerprint density at radius 2 is 2.33 bits per heavy atom. The van der Waals surface area contributed by atoms with Crippen molar-refractivity contribution in [2.24, 2.45) is 0 Å². The zero-order valence-electron chi connectivity index (χ0n) is 10.8. The van der Waals surface area contributed by atoms with Crippen LogP contribution in [0.3, 0.4) is 0 Å². The maximum absolute atomic E-state index is 12.0. The number of nitrogens with zero attached hydrogens (tertiary/aromatic N) is 2. The first-order valence-corrected chi connectivity index (χ1v) is 7.50. The van der Waals surface area contributed by atoms with Gasteiger partial charge in [-0.15, -0.1) is 0 Å². The highest BCUT2D eigenvalue weighted by Gasteiger charge is 2.25. The molecule has 2 aliphatic rings. The molecule has 0 bridgehead atoms. The van der Waals surface area contributed by atoms with Gasteiger partial charge in [0.25, 0.3) is 5.24 Å². The second-order valence-corrected chi connectivity index (χ2v) is 5.64. The van der Waals surface area contributed by atoms with Crippen LogP contribution in [-0.2, 0) is 9.53 Å². The van der Waals surface area contributed by atoms with Crippen molar-refractivity contribution < 1.29 is 14.3 Å². The largest absolute Gasteiger partial charge is 0.375 e. The molecule has 1 atom stereocenters. The highest BCUT2D eigenvalue weighted by Crippen LogP contribution is 2.17. The zero-order valence-corrected chi connectivity index (χ0v) is 11.6. The first-order valence-electron chi connectivity index (χ1n) is 6.51. The Morgan fingerprint density at radius 1 is 1.50 bits per heavy atom. The Balaban J connectivity index is 1.75. The molecular weight excluding hydrogens is 252 g/mol. The molecule has 18 heavy (non-hydrogen) atoms. The maximum Gasteiger partial charge on any atom is 0.281 e. The molecule has 2 amide bonds. The van der Waals surface area contributed by atoms with Gasteiger partial charge in [-0.1, -0.05) is 18.7 Å². The summed E-state index contributed by atoms with van der Waals surface area (Å²) in [7, 11) is 0. The lowest BCUT2D eigenvalue weighted by Crippen LogP contribution is -2.46. The Hall–Kier alpha value is -0.750. The summed E-state index contributed by atoms with van der Waals surface area (Å²) in [6.07, 6.45) is 1.54. The fraction of sp³-hybridized carbons (Fsp3) is 0.833. The summed E-state index contributed by atoms with van der Waals surface area (Å²) < 4.78 is 5.54.